The molecule has 0 N–H and O–H groups in total. The summed E-state index contributed by atoms with van der Waals surface area (Å²) in [6.45, 7) is 6.19. The van der Waals surface area contributed by atoms with Gasteiger partial charge in [0.05, 0.1) is 5.69 Å². The molecule has 0 aliphatic carbocycles. The molecule has 0 bridgehead atoms. The predicted molar refractivity (Wildman–Crippen MR) is 71.3 cm³/mol. The topological polar surface area (TPSA) is 25.8 Å². The Morgan fingerprint density at radius 2 is 1.71 bits per heavy atom. The molecule has 0 amide bonds. The zero-order chi connectivity index (χ0) is 12.4. The van der Waals surface area contributed by atoms with Gasteiger partial charge in [-0.25, -0.2) is 9.97 Å². The number of hydrogen-bond donors (Lipinski definition) is 0. The third kappa shape index (κ3) is 2.47. The van der Waals surface area contributed by atoms with E-state index < -0.39 is 0 Å². The first-order valence-corrected chi connectivity index (χ1v) is 6.07. The lowest BCUT2D eigenvalue weighted by Gasteiger charge is -2.11. The third-order valence-electron chi connectivity index (χ3n) is 2.70. The van der Waals surface area contributed by atoms with Crippen molar-refractivity contribution in [2.45, 2.75) is 26.7 Å². The Kier molecular flexibility index (Phi) is 3.43. The molecule has 0 spiro atoms. The Hall–Kier alpha value is -1.41. The van der Waals surface area contributed by atoms with Crippen LogP contribution in [0.15, 0.2) is 30.3 Å². The summed E-state index contributed by atoms with van der Waals surface area (Å²) < 4.78 is 0. The second-order valence-corrected chi connectivity index (χ2v) is 4.73. The van der Waals surface area contributed by atoms with Crippen LogP contribution in [0.4, 0.5) is 0 Å². The van der Waals surface area contributed by atoms with E-state index >= 15 is 0 Å². The maximum Gasteiger partial charge on any atom is 0.161 e. The molecular formula is C14H15ClN2. The quantitative estimate of drug-likeness (QED) is 0.741. The Labute approximate surface area is 107 Å². The molecule has 2 aromatic rings. The minimum atomic E-state index is 0.345. The predicted octanol–water partition coefficient (Wildman–Crippen LogP) is 4.23. The third-order valence-corrected chi connectivity index (χ3v) is 3.07. The van der Waals surface area contributed by atoms with Gasteiger partial charge in [-0.1, -0.05) is 55.8 Å². The van der Waals surface area contributed by atoms with E-state index in [2.05, 4.69) is 23.8 Å². The Bertz CT molecular complexity index is 521. The lowest BCUT2D eigenvalue weighted by atomic mass is 10.1. The molecule has 3 heteroatoms. The van der Waals surface area contributed by atoms with Crippen LogP contribution in [0.25, 0.3) is 11.4 Å². The second-order valence-electron chi connectivity index (χ2n) is 4.37. The molecule has 88 valence electrons. The summed E-state index contributed by atoms with van der Waals surface area (Å²) in [5.74, 6) is 1.04. The highest BCUT2D eigenvalue weighted by atomic mass is 35.5. The molecule has 0 radical (unpaired) electrons. The van der Waals surface area contributed by atoms with Crippen molar-refractivity contribution in [2.24, 2.45) is 0 Å². The molecule has 0 atom stereocenters. The Morgan fingerprint density at radius 1 is 1.06 bits per heavy atom. The largest absolute Gasteiger partial charge is 0.232 e. The molecule has 0 saturated carbocycles. The summed E-state index contributed by atoms with van der Waals surface area (Å²) in [4.78, 5) is 8.95. The van der Waals surface area contributed by atoms with Crippen molar-refractivity contribution in [2.75, 3.05) is 0 Å². The van der Waals surface area contributed by atoms with Gasteiger partial charge in [-0.05, 0) is 12.8 Å². The normalized spacial score (nSPS) is 10.9. The fourth-order valence-electron chi connectivity index (χ4n) is 1.78. The van der Waals surface area contributed by atoms with Gasteiger partial charge >= 0.3 is 0 Å². The number of rotatable bonds is 2. The SMILES string of the molecule is Cc1c(Cl)nc(-c2ccccc2)nc1C(C)C. The van der Waals surface area contributed by atoms with E-state index in [1.54, 1.807) is 0 Å². The van der Waals surface area contributed by atoms with Crippen LogP contribution in [0.5, 0.6) is 0 Å². The first-order valence-electron chi connectivity index (χ1n) is 5.69. The zero-order valence-corrected chi connectivity index (χ0v) is 11.0. The molecule has 17 heavy (non-hydrogen) atoms. The highest BCUT2D eigenvalue weighted by Gasteiger charge is 2.12. The van der Waals surface area contributed by atoms with Crippen LogP contribution in [0.2, 0.25) is 5.15 Å². The molecule has 0 aliphatic heterocycles. The van der Waals surface area contributed by atoms with Crippen LogP contribution in [0.3, 0.4) is 0 Å². The van der Waals surface area contributed by atoms with Crippen LogP contribution in [0.1, 0.15) is 31.0 Å². The van der Waals surface area contributed by atoms with Crippen molar-refractivity contribution in [3.63, 3.8) is 0 Å². The maximum absolute atomic E-state index is 6.16. The van der Waals surface area contributed by atoms with E-state index in [1.807, 2.05) is 37.3 Å². The van der Waals surface area contributed by atoms with Crippen molar-refractivity contribution in [1.82, 2.24) is 9.97 Å². The van der Waals surface area contributed by atoms with Crippen LogP contribution < -0.4 is 0 Å². The maximum atomic E-state index is 6.16. The van der Waals surface area contributed by atoms with Gasteiger partial charge in [0.25, 0.3) is 0 Å². The summed E-state index contributed by atoms with van der Waals surface area (Å²) in [6.07, 6.45) is 0. The summed E-state index contributed by atoms with van der Waals surface area (Å²) in [6, 6.07) is 9.90. The number of halogens is 1. The van der Waals surface area contributed by atoms with Crippen LogP contribution in [0, 0.1) is 6.92 Å². The summed E-state index contributed by atoms with van der Waals surface area (Å²) in [5.41, 5.74) is 2.99. The standard InChI is InChI=1S/C14H15ClN2/c1-9(2)12-10(3)13(15)17-14(16-12)11-7-5-4-6-8-11/h4-9H,1-3H3. The summed E-state index contributed by atoms with van der Waals surface area (Å²) in [7, 11) is 0. The van der Waals surface area contributed by atoms with E-state index in [0.29, 0.717) is 16.9 Å². The fourth-order valence-corrected chi connectivity index (χ4v) is 1.96. The lowest BCUT2D eigenvalue weighted by Crippen LogP contribution is -2.02. The van der Waals surface area contributed by atoms with Crippen LogP contribution in [-0.4, -0.2) is 9.97 Å². The van der Waals surface area contributed by atoms with Gasteiger partial charge in [-0.2, -0.15) is 0 Å². The molecule has 1 heterocycles. The Morgan fingerprint density at radius 3 is 2.29 bits per heavy atom. The van der Waals surface area contributed by atoms with Gasteiger partial charge in [-0.15, -0.1) is 0 Å². The highest BCUT2D eigenvalue weighted by molar-refractivity contribution is 6.30. The molecule has 0 fully saturated rings. The van der Waals surface area contributed by atoms with Gasteiger partial charge in [0.1, 0.15) is 5.15 Å². The average molecular weight is 247 g/mol. The zero-order valence-electron chi connectivity index (χ0n) is 10.2. The van der Waals surface area contributed by atoms with Gasteiger partial charge in [0.2, 0.25) is 0 Å². The molecular weight excluding hydrogens is 232 g/mol. The van der Waals surface area contributed by atoms with Gasteiger partial charge in [-0.3, -0.25) is 0 Å². The van der Waals surface area contributed by atoms with Crippen LogP contribution >= 0.6 is 11.6 Å². The van der Waals surface area contributed by atoms with Crippen molar-refractivity contribution in [1.29, 1.82) is 0 Å². The number of nitrogens with zero attached hydrogens (tertiary/aromatic N) is 2. The molecule has 0 saturated heterocycles. The second kappa shape index (κ2) is 4.84. The molecule has 0 unspecified atom stereocenters. The van der Waals surface area contributed by atoms with E-state index in [0.717, 1.165) is 16.8 Å². The average Bonchev–Trinajstić information content (AvgIpc) is 2.33. The van der Waals surface area contributed by atoms with Gasteiger partial charge in [0, 0.05) is 11.1 Å². The van der Waals surface area contributed by atoms with E-state index in [9.17, 15) is 0 Å². The number of benzene rings is 1. The number of aromatic nitrogens is 2. The van der Waals surface area contributed by atoms with Crippen molar-refractivity contribution >= 4 is 11.6 Å². The minimum Gasteiger partial charge on any atom is -0.232 e. The minimum absolute atomic E-state index is 0.345. The first-order chi connectivity index (χ1) is 8.09. The molecule has 1 aromatic heterocycles. The smallest absolute Gasteiger partial charge is 0.161 e. The fraction of sp³-hybridized carbons (Fsp3) is 0.286. The van der Waals surface area contributed by atoms with Crippen molar-refractivity contribution in [3.8, 4) is 11.4 Å². The first kappa shape index (κ1) is 12.1. The van der Waals surface area contributed by atoms with E-state index in [4.69, 9.17) is 11.6 Å². The highest BCUT2D eigenvalue weighted by Crippen LogP contribution is 2.25. The Balaban J connectivity index is 2.57. The lowest BCUT2D eigenvalue weighted by molar-refractivity contribution is 0.804. The monoisotopic (exact) mass is 246 g/mol. The van der Waals surface area contributed by atoms with Crippen molar-refractivity contribution in [3.05, 3.63) is 46.7 Å². The van der Waals surface area contributed by atoms with E-state index in [1.165, 1.54) is 0 Å². The molecule has 2 rings (SSSR count). The molecule has 1 aromatic carbocycles. The van der Waals surface area contributed by atoms with Gasteiger partial charge in [0.15, 0.2) is 5.82 Å². The molecule has 2 nitrogen and oxygen atoms in total. The number of hydrogen-bond acceptors (Lipinski definition) is 2. The van der Waals surface area contributed by atoms with E-state index in [-0.39, 0.29) is 0 Å². The van der Waals surface area contributed by atoms with Gasteiger partial charge < -0.3 is 0 Å². The summed E-state index contributed by atoms with van der Waals surface area (Å²) >= 11 is 6.16. The van der Waals surface area contributed by atoms with Crippen molar-refractivity contribution < 1.29 is 0 Å². The summed E-state index contributed by atoms with van der Waals surface area (Å²) in [5, 5.41) is 0.544. The molecule has 0 aliphatic rings. The van der Waals surface area contributed by atoms with Crippen LogP contribution in [-0.2, 0) is 0 Å².